The average molecular weight is 383 g/mol. The van der Waals surface area contributed by atoms with Gasteiger partial charge < -0.3 is 10.2 Å². The van der Waals surface area contributed by atoms with Gasteiger partial charge in [0.05, 0.1) is 16.6 Å². The molecule has 0 spiro atoms. The number of amides is 2. The molecule has 2 aromatic rings. The molecule has 0 radical (unpaired) electrons. The summed E-state index contributed by atoms with van der Waals surface area (Å²) < 4.78 is 0. The molecule has 2 aliphatic rings. The first-order valence-corrected chi connectivity index (χ1v) is 9.85. The molecule has 1 saturated heterocycles. The van der Waals surface area contributed by atoms with E-state index in [1.165, 1.54) is 12.0 Å². The van der Waals surface area contributed by atoms with E-state index in [0.29, 0.717) is 23.8 Å². The molecule has 1 N–H and O–H groups in total. The highest BCUT2D eigenvalue weighted by Crippen LogP contribution is 2.43. The van der Waals surface area contributed by atoms with Gasteiger partial charge in [-0.1, -0.05) is 60.5 Å². The predicted molar refractivity (Wildman–Crippen MR) is 107 cm³/mol. The summed E-state index contributed by atoms with van der Waals surface area (Å²) in [4.78, 5) is 26.8. The van der Waals surface area contributed by atoms with Gasteiger partial charge in [-0.25, -0.2) is 0 Å². The summed E-state index contributed by atoms with van der Waals surface area (Å²) in [5.41, 5.74) is 2.01. The van der Waals surface area contributed by atoms with Gasteiger partial charge in [0.1, 0.15) is 0 Å². The molecule has 27 heavy (non-hydrogen) atoms. The quantitative estimate of drug-likeness (QED) is 0.851. The van der Waals surface area contributed by atoms with Crippen molar-refractivity contribution < 1.29 is 9.59 Å². The molecule has 0 bridgehead atoms. The molecule has 1 saturated carbocycles. The van der Waals surface area contributed by atoms with Crippen LogP contribution < -0.4 is 10.2 Å². The molecule has 1 unspecified atom stereocenters. The summed E-state index contributed by atoms with van der Waals surface area (Å²) in [5, 5.41) is 3.65. The van der Waals surface area contributed by atoms with Gasteiger partial charge in [0.2, 0.25) is 11.8 Å². The molecule has 5 heteroatoms. The van der Waals surface area contributed by atoms with Crippen molar-refractivity contribution in [3.63, 3.8) is 0 Å². The molecule has 1 heterocycles. The number of carbonyl (C=O) groups excluding carboxylic acids is 2. The van der Waals surface area contributed by atoms with Crippen molar-refractivity contribution in [1.29, 1.82) is 0 Å². The minimum Gasteiger partial charge on any atom is -0.355 e. The van der Waals surface area contributed by atoms with E-state index in [0.717, 1.165) is 12.8 Å². The number of benzene rings is 2. The second-order valence-corrected chi connectivity index (χ2v) is 7.98. The van der Waals surface area contributed by atoms with Crippen LogP contribution in [-0.2, 0) is 15.0 Å². The van der Waals surface area contributed by atoms with Crippen LogP contribution in [0.15, 0.2) is 54.6 Å². The Bertz CT molecular complexity index is 848. The normalized spacial score (nSPS) is 21.0. The van der Waals surface area contributed by atoms with Gasteiger partial charge in [-0.15, -0.1) is 0 Å². The van der Waals surface area contributed by atoms with E-state index >= 15 is 0 Å². The summed E-state index contributed by atoms with van der Waals surface area (Å²) >= 11 is 6.22. The number of rotatable bonds is 5. The fourth-order valence-corrected chi connectivity index (χ4v) is 4.39. The van der Waals surface area contributed by atoms with Crippen molar-refractivity contribution in [1.82, 2.24) is 5.32 Å². The van der Waals surface area contributed by atoms with Crippen molar-refractivity contribution >= 4 is 29.1 Å². The first kappa shape index (κ1) is 18.1. The van der Waals surface area contributed by atoms with Crippen LogP contribution in [0.3, 0.4) is 0 Å². The smallest absolute Gasteiger partial charge is 0.227 e. The number of carbonyl (C=O) groups is 2. The number of nitrogens with zero attached hydrogens (tertiary/aromatic N) is 1. The predicted octanol–water partition coefficient (Wildman–Crippen LogP) is 3.93. The number of halogens is 1. The third-order valence-corrected chi connectivity index (χ3v) is 6.26. The Balaban J connectivity index is 1.41. The summed E-state index contributed by atoms with van der Waals surface area (Å²) in [6.07, 6.45) is 3.60. The van der Waals surface area contributed by atoms with Crippen molar-refractivity contribution in [3.8, 4) is 0 Å². The van der Waals surface area contributed by atoms with Gasteiger partial charge in [-0.3, -0.25) is 9.59 Å². The number of anilines is 1. The van der Waals surface area contributed by atoms with Gasteiger partial charge in [0.15, 0.2) is 0 Å². The minimum absolute atomic E-state index is 0.0416. The summed E-state index contributed by atoms with van der Waals surface area (Å²) in [6.45, 7) is 1.01. The Morgan fingerprint density at radius 1 is 1.11 bits per heavy atom. The molecular formula is C22H23ClN2O2. The Morgan fingerprint density at radius 3 is 2.48 bits per heavy atom. The number of nitrogens with one attached hydrogen (secondary N) is 1. The van der Waals surface area contributed by atoms with Crippen LogP contribution in [0, 0.1) is 5.92 Å². The van der Waals surface area contributed by atoms with Crippen LogP contribution in [0.2, 0.25) is 5.02 Å². The fourth-order valence-electron chi connectivity index (χ4n) is 4.15. The number of para-hydroxylation sites is 1. The van der Waals surface area contributed by atoms with Gasteiger partial charge in [0, 0.05) is 24.9 Å². The zero-order valence-corrected chi connectivity index (χ0v) is 15.9. The zero-order valence-electron chi connectivity index (χ0n) is 15.2. The van der Waals surface area contributed by atoms with Crippen molar-refractivity contribution in [2.75, 3.05) is 18.0 Å². The topological polar surface area (TPSA) is 49.4 Å². The first-order valence-electron chi connectivity index (χ1n) is 9.47. The van der Waals surface area contributed by atoms with Crippen molar-refractivity contribution in [2.45, 2.75) is 31.1 Å². The third-order valence-electron chi connectivity index (χ3n) is 5.94. The highest BCUT2D eigenvalue weighted by molar-refractivity contribution is 6.33. The standard InChI is InChI=1S/C22H23ClN2O2/c23-18-9-4-5-10-19(18)25-14-16(13-20(25)26)21(27)24-15-22(11-6-12-22)17-7-2-1-3-8-17/h1-5,7-10,16H,6,11-15H2,(H,24,27). The zero-order chi connectivity index (χ0) is 18.9. The van der Waals surface area contributed by atoms with E-state index in [1.807, 2.05) is 36.4 Å². The lowest BCUT2D eigenvalue weighted by molar-refractivity contribution is -0.126. The van der Waals surface area contributed by atoms with Crippen LogP contribution in [-0.4, -0.2) is 24.9 Å². The molecule has 140 valence electrons. The summed E-state index contributed by atoms with van der Waals surface area (Å²) in [5.74, 6) is -0.425. The van der Waals surface area contributed by atoms with E-state index in [9.17, 15) is 9.59 Å². The summed E-state index contributed by atoms with van der Waals surface area (Å²) in [7, 11) is 0. The average Bonchev–Trinajstić information content (AvgIpc) is 3.04. The van der Waals surface area contributed by atoms with Crippen molar-refractivity contribution in [2.24, 2.45) is 5.92 Å². The maximum absolute atomic E-state index is 12.7. The van der Waals surface area contributed by atoms with Crippen molar-refractivity contribution in [3.05, 3.63) is 65.2 Å². The highest BCUT2D eigenvalue weighted by Gasteiger charge is 2.40. The van der Waals surface area contributed by atoms with Gasteiger partial charge >= 0.3 is 0 Å². The Morgan fingerprint density at radius 2 is 1.81 bits per heavy atom. The third kappa shape index (κ3) is 3.46. The first-order chi connectivity index (χ1) is 13.1. The molecule has 4 nitrogen and oxygen atoms in total. The molecular weight excluding hydrogens is 360 g/mol. The van der Waals surface area contributed by atoms with Gasteiger partial charge in [0.25, 0.3) is 0 Å². The summed E-state index contributed by atoms with van der Waals surface area (Å²) in [6, 6.07) is 17.7. The maximum Gasteiger partial charge on any atom is 0.227 e. The lowest BCUT2D eigenvalue weighted by Gasteiger charge is -2.42. The van der Waals surface area contributed by atoms with E-state index in [4.69, 9.17) is 11.6 Å². The number of hydrogen-bond donors (Lipinski definition) is 1. The maximum atomic E-state index is 12.7. The van der Waals surface area contributed by atoms with E-state index < -0.39 is 0 Å². The van der Waals surface area contributed by atoms with E-state index in [-0.39, 0.29) is 29.6 Å². The molecule has 0 aromatic heterocycles. The van der Waals surface area contributed by atoms with Crippen LogP contribution in [0.1, 0.15) is 31.2 Å². The van der Waals surface area contributed by atoms with Crippen LogP contribution in [0.4, 0.5) is 5.69 Å². The Labute approximate surface area is 164 Å². The van der Waals surface area contributed by atoms with Crippen LogP contribution in [0.25, 0.3) is 0 Å². The monoisotopic (exact) mass is 382 g/mol. The Kier molecular flexibility index (Phi) is 4.92. The van der Waals surface area contributed by atoms with E-state index in [1.54, 1.807) is 11.0 Å². The molecule has 2 aromatic carbocycles. The second kappa shape index (κ2) is 7.35. The van der Waals surface area contributed by atoms with Crippen LogP contribution >= 0.6 is 11.6 Å². The SMILES string of the molecule is O=C(NCC1(c2ccccc2)CCC1)C1CC(=O)N(c2ccccc2Cl)C1. The fraction of sp³-hybridized carbons (Fsp3) is 0.364. The molecule has 4 rings (SSSR count). The molecule has 2 fully saturated rings. The molecule has 2 amide bonds. The minimum atomic E-state index is -0.332. The van der Waals surface area contributed by atoms with Gasteiger partial charge in [-0.2, -0.15) is 0 Å². The molecule has 1 aliphatic carbocycles. The molecule has 1 atom stereocenters. The highest BCUT2D eigenvalue weighted by atomic mass is 35.5. The Hall–Kier alpha value is -2.33. The lowest BCUT2D eigenvalue weighted by atomic mass is 9.64. The van der Waals surface area contributed by atoms with Crippen LogP contribution in [0.5, 0.6) is 0 Å². The molecule has 1 aliphatic heterocycles. The largest absolute Gasteiger partial charge is 0.355 e. The number of hydrogen-bond acceptors (Lipinski definition) is 2. The second-order valence-electron chi connectivity index (χ2n) is 7.57. The van der Waals surface area contributed by atoms with E-state index in [2.05, 4.69) is 17.4 Å². The van der Waals surface area contributed by atoms with Gasteiger partial charge in [-0.05, 0) is 30.5 Å². The lowest BCUT2D eigenvalue weighted by Crippen LogP contribution is -2.47.